The fourth-order valence-electron chi connectivity index (χ4n) is 4.07. The van der Waals surface area contributed by atoms with Crippen LogP contribution in [0.25, 0.3) is 5.57 Å². The molecule has 6 N–H and O–H groups in total. The van der Waals surface area contributed by atoms with Gasteiger partial charge in [-0.2, -0.15) is 0 Å². The first-order valence-corrected chi connectivity index (χ1v) is 12.3. The molecule has 170 valence electrons. The van der Waals surface area contributed by atoms with Crippen LogP contribution in [-0.2, 0) is 11.0 Å². The van der Waals surface area contributed by atoms with E-state index in [0.29, 0.717) is 18.9 Å². The van der Waals surface area contributed by atoms with Crippen molar-refractivity contribution in [3.63, 3.8) is 0 Å². The van der Waals surface area contributed by atoms with Gasteiger partial charge >= 0.3 is 0 Å². The zero-order chi connectivity index (χ0) is 22.6. The van der Waals surface area contributed by atoms with E-state index in [2.05, 4.69) is 39.4 Å². The molecule has 0 aliphatic carbocycles. The van der Waals surface area contributed by atoms with E-state index in [0.717, 1.165) is 48.4 Å². The summed E-state index contributed by atoms with van der Waals surface area (Å²) < 4.78 is 20.3. The molecule has 1 spiro atoms. The molecule has 9 heteroatoms. The Hall–Kier alpha value is -2.72. The Balaban J connectivity index is 1.56. The number of hydrogen-bond donors (Lipinski definition) is 4. The number of nitrogens with one attached hydrogen (secondary N) is 2. The molecule has 2 aromatic rings. The van der Waals surface area contributed by atoms with Crippen molar-refractivity contribution in [2.24, 2.45) is 16.7 Å². The summed E-state index contributed by atoms with van der Waals surface area (Å²) >= 11 is 0. The first kappa shape index (κ1) is 22.5. The van der Waals surface area contributed by atoms with Crippen LogP contribution in [0.4, 0.5) is 0 Å². The van der Waals surface area contributed by atoms with Crippen LogP contribution in [0.15, 0.2) is 59.7 Å². The van der Waals surface area contributed by atoms with E-state index in [4.69, 9.17) is 16.3 Å². The molecule has 0 saturated carbocycles. The van der Waals surface area contributed by atoms with Crippen molar-refractivity contribution >= 4 is 22.4 Å². The monoisotopic (exact) mass is 454 g/mol. The molecule has 1 saturated heterocycles. The number of fused-ring (bicyclic) bond motifs is 1. The van der Waals surface area contributed by atoms with E-state index < -0.39 is 11.0 Å². The van der Waals surface area contributed by atoms with Crippen LogP contribution >= 0.6 is 0 Å². The number of benzene rings is 2. The van der Waals surface area contributed by atoms with Gasteiger partial charge < -0.3 is 15.8 Å². The molecule has 0 aromatic heterocycles. The highest BCUT2D eigenvalue weighted by Crippen LogP contribution is 2.42. The van der Waals surface area contributed by atoms with Crippen LogP contribution < -0.4 is 26.4 Å². The quantitative estimate of drug-likeness (QED) is 0.217. The predicted octanol–water partition coefficient (Wildman–Crippen LogP) is 1.31. The van der Waals surface area contributed by atoms with Gasteiger partial charge in [0.1, 0.15) is 11.4 Å². The lowest BCUT2D eigenvalue weighted by atomic mass is 9.83. The van der Waals surface area contributed by atoms with Gasteiger partial charge in [0, 0.05) is 36.8 Å². The van der Waals surface area contributed by atoms with Gasteiger partial charge in [-0.1, -0.05) is 42.5 Å². The second-order valence-corrected chi connectivity index (χ2v) is 9.24. The Labute approximate surface area is 191 Å². The maximum Gasteiger partial charge on any atom is 0.152 e. The van der Waals surface area contributed by atoms with Crippen LogP contribution in [0.1, 0.15) is 29.5 Å². The summed E-state index contributed by atoms with van der Waals surface area (Å²) in [4.78, 5) is 0. The third-order valence-electron chi connectivity index (χ3n) is 5.72. The van der Waals surface area contributed by atoms with E-state index in [1.165, 1.54) is 10.7 Å². The zero-order valence-electron chi connectivity index (χ0n) is 18.2. The second kappa shape index (κ2) is 9.83. The van der Waals surface area contributed by atoms with Gasteiger partial charge in [-0.3, -0.25) is 0 Å². The van der Waals surface area contributed by atoms with Gasteiger partial charge in [0.25, 0.3) is 0 Å². The molecule has 8 nitrogen and oxygen atoms in total. The molecule has 2 aliphatic heterocycles. The average Bonchev–Trinajstić information content (AvgIpc) is 2.79. The van der Waals surface area contributed by atoms with Gasteiger partial charge in [0.15, 0.2) is 5.84 Å². The standard InChI is InChI=1S/C23H30N6O2S/c1-32(30)27-14-15-29(25)28-22(24)18-8-6-17(7-9-18)20-16-23(10-12-26-13-11-23)31-21-5-3-2-4-19(20)21/h2-9,16,26-27H,10-15,25H2,1H3,(H2,24,28). The fourth-order valence-corrected chi connectivity index (χ4v) is 4.45. The van der Waals surface area contributed by atoms with Crippen molar-refractivity contribution in [2.45, 2.75) is 18.4 Å². The Morgan fingerprint density at radius 2 is 1.94 bits per heavy atom. The van der Waals surface area contributed by atoms with E-state index in [1.807, 2.05) is 30.3 Å². The van der Waals surface area contributed by atoms with Crippen molar-refractivity contribution in [2.75, 3.05) is 32.4 Å². The second-order valence-electron chi connectivity index (χ2n) is 8.05. The largest absolute Gasteiger partial charge is 0.482 e. The van der Waals surface area contributed by atoms with E-state index in [1.54, 1.807) is 6.26 Å². The molecule has 32 heavy (non-hydrogen) atoms. The normalized spacial score (nSPS) is 18.4. The number of hydrazine groups is 1. The lowest BCUT2D eigenvalue weighted by molar-refractivity contribution is 0.0817. The SMILES string of the molecule is CS(=O)NCCN(N)/N=C(\N)c1ccc(C2=CC3(CCNCC3)Oc3ccccc32)cc1. The third kappa shape index (κ3) is 5.18. The molecule has 1 unspecified atom stereocenters. The highest BCUT2D eigenvalue weighted by Gasteiger charge is 2.36. The van der Waals surface area contributed by atoms with E-state index in [9.17, 15) is 4.21 Å². The summed E-state index contributed by atoms with van der Waals surface area (Å²) in [5, 5.41) is 8.89. The maximum atomic E-state index is 11.1. The molecule has 0 radical (unpaired) electrons. The Kier molecular flexibility index (Phi) is 6.90. The van der Waals surface area contributed by atoms with Crippen molar-refractivity contribution in [1.82, 2.24) is 15.2 Å². The van der Waals surface area contributed by atoms with E-state index >= 15 is 0 Å². The predicted molar refractivity (Wildman–Crippen MR) is 129 cm³/mol. The summed E-state index contributed by atoms with van der Waals surface area (Å²) in [6, 6.07) is 16.2. The van der Waals surface area contributed by atoms with Gasteiger partial charge in [-0.15, -0.1) is 5.10 Å². The molecule has 2 aromatic carbocycles. The first-order chi connectivity index (χ1) is 15.5. The number of nitrogens with two attached hydrogens (primary N) is 2. The minimum Gasteiger partial charge on any atom is -0.482 e. The van der Waals surface area contributed by atoms with Gasteiger partial charge in [0.05, 0.1) is 17.5 Å². The number of amidine groups is 1. The smallest absolute Gasteiger partial charge is 0.152 e. The Morgan fingerprint density at radius 3 is 2.66 bits per heavy atom. The van der Waals surface area contributed by atoms with E-state index in [-0.39, 0.29) is 5.60 Å². The molecule has 2 heterocycles. The molecular weight excluding hydrogens is 424 g/mol. The average molecular weight is 455 g/mol. The number of para-hydroxylation sites is 1. The van der Waals surface area contributed by atoms with Crippen LogP contribution in [0.3, 0.4) is 0 Å². The molecule has 2 aliphatic rings. The lowest BCUT2D eigenvalue weighted by Gasteiger charge is -2.40. The zero-order valence-corrected chi connectivity index (χ0v) is 19.0. The van der Waals surface area contributed by atoms with Crippen molar-refractivity contribution in [1.29, 1.82) is 0 Å². The lowest BCUT2D eigenvalue weighted by Crippen LogP contribution is -2.46. The van der Waals surface area contributed by atoms with Crippen molar-refractivity contribution in [3.05, 3.63) is 71.3 Å². The van der Waals surface area contributed by atoms with Crippen LogP contribution in [0.5, 0.6) is 5.75 Å². The Morgan fingerprint density at radius 1 is 1.22 bits per heavy atom. The molecule has 0 amide bonds. The third-order valence-corrected chi connectivity index (χ3v) is 6.33. The van der Waals surface area contributed by atoms with Crippen LogP contribution in [0.2, 0.25) is 0 Å². The number of hydrazone groups is 1. The first-order valence-electron chi connectivity index (χ1n) is 10.7. The molecular formula is C23H30N6O2S. The van der Waals surface area contributed by atoms with Gasteiger partial charge in [0.2, 0.25) is 0 Å². The summed E-state index contributed by atoms with van der Waals surface area (Å²) in [5.41, 5.74) is 10.0. The fraction of sp³-hybridized carbons (Fsp3) is 0.348. The van der Waals surface area contributed by atoms with Crippen molar-refractivity contribution < 1.29 is 8.95 Å². The van der Waals surface area contributed by atoms with Gasteiger partial charge in [-0.25, -0.2) is 19.9 Å². The summed E-state index contributed by atoms with van der Waals surface area (Å²) in [7, 11) is -1.09. The van der Waals surface area contributed by atoms with Crippen LogP contribution in [0, 0.1) is 0 Å². The number of piperidine rings is 1. The number of ether oxygens (including phenoxy) is 1. The minimum absolute atomic E-state index is 0.273. The number of nitrogens with zero attached hydrogens (tertiary/aromatic N) is 2. The number of hydrogen-bond acceptors (Lipinski definition) is 6. The molecule has 1 atom stereocenters. The number of rotatable bonds is 7. The van der Waals surface area contributed by atoms with Crippen LogP contribution in [-0.4, -0.2) is 53.2 Å². The summed E-state index contributed by atoms with van der Waals surface area (Å²) in [6.07, 6.45) is 5.74. The Bertz CT molecular complexity index is 1030. The molecule has 0 bridgehead atoms. The summed E-state index contributed by atoms with van der Waals surface area (Å²) in [5.74, 6) is 7.13. The highest BCUT2D eigenvalue weighted by atomic mass is 32.2. The molecule has 4 rings (SSSR count). The topological polar surface area (TPSA) is 118 Å². The molecule has 1 fully saturated rings. The summed E-state index contributed by atoms with van der Waals surface area (Å²) in [6.45, 7) is 2.72. The minimum atomic E-state index is -1.09. The van der Waals surface area contributed by atoms with Gasteiger partial charge in [-0.05, 0) is 36.4 Å². The van der Waals surface area contributed by atoms with Crippen molar-refractivity contribution in [3.8, 4) is 5.75 Å². The highest BCUT2D eigenvalue weighted by molar-refractivity contribution is 7.82. The maximum absolute atomic E-state index is 11.1.